The summed E-state index contributed by atoms with van der Waals surface area (Å²) in [6, 6.07) is 3.51. The highest BCUT2D eigenvalue weighted by Gasteiger charge is 2.04. The molecule has 0 bridgehead atoms. The molecule has 0 aliphatic carbocycles. The normalized spacial score (nSPS) is 10.6. The number of nitrogen functional groups attached to an aromatic ring is 1. The molecule has 5 heteroatoms. The van der Waals surface area contributed by atoms with Crippen molar-refractivity contribution in [3.05, 3.63) is 17.8 Å². The zero-order valence-corrected chi connectivity index (χ0v) is 7.48. The molecule has 13 heavy (non-hydrogen) atoms. The summed E-state index contributed by atoms with van der Waals surface area (Å²) in [4.78, 5) is 4.17. The summed E-state index contributed by atoms with van der Waals surface area (Å²) in [5, 5.41) is 4.06. The van der Waals surface area contributed by atoms with E-state index in [1.807, 2.05) is 6.92 Å². The van der Waals surface area contributed by atoms with E-state index in [-0.39, 0.29) is 0 Å². The van der Waals surface area contributed by atoms with Gasteiger partial charge in [0.2, 0.25) is 5.88 Å². The van der Waals surface area contributed by atoms with Gasteiger partial charge in [-0.05, 0) is 6.92 Å². The van der Waals surface area contributed by atoms with Crippen LogP contribution in [0.2, 0.25) is 0 Å². The van der Waals surface area contributed by atoms with Gasteiger partial charge in [0.1, 0.15) is 5.82 Å². The van der Waals surface area contributed by atoms with Gasteiger partial charge in [-0.3, -0.25) is 0 Å². The fraction of sp³-hybridized carbons (Fsp3) is 0.250. The third kappa shape index (κ3) is 1.18. The Bertz CT molecular complexity index is 449. The van der Waals surface area contributed by atoms with Crippen LogP contribution in [0, 0.1) is 6.92 Å². The highest BCUT2D eigenvalue weighted by atomic mass is 16.5. The lowest BCUT2D eigenvalue weighted by Gasteiger charge is -2.01. The minimum Gasteiger partial charge on any atom is -0.481 e. The maximum Gasteiger partial charge on any atom is 0.216 e. The van der Waals surface area contributed by atoms with Gasteiger partial charge in [0.05, 0.1) is 7.11 Å². The topological polar surface area (TPSA) is 65.4 Å². The molecule has 68 valence electrons. The lowest BCUT2D eigenvalue weighted by molar-refractivity contribution is 0.397. The Balaban J connectivity index is 2.75. The summed E-state index contributed by atoms with van der Waals surface area (Å²) in [6.45, 7) is 1.92. The highest BCUT2D eigenvalue weighted by Crippen LogP contribution is 2.14. The molecule has 0 aromatic carbocycles. The third-order valence-corrected chi connectivity index (χ3v) is 1.81. The standard InChI is InChI=1S/C8H10N4O/c1-5-3-8(13-2)10-7-4-6(9)11-12(5)7/h3-4H,1-2H3,(H2,9,11). The molecule has 2 N–H and O–H groups in total. The number of aryl methyl sites for hydroxylation is 1. The molecule has 2 aromatic heterocycles. The Kier molecular flexibility index (Phi) is 1.58. The molecule has 0 radical (unpaired) electrons. The molecular formula is C8H10N4O. The van der Waals surface area contributed by atoms with E-state index >= 15 is 0 Å². The van der Waals surface area contributed by atoms with Crippen LogP contribution in [-0.2, 0) is 0 Å². The van der Waals surface area contributed by atoms with Crippen molar-refractivity contribution < 1.29 is 4.74 Å². The minimum absolute atomic E-state index is 0.462. The first-order chi connectivity index (χ1) is 6.20. The average Bonchev–Trinajstić information content (AvgIpc) is 2.46. The van der Waals surface area contributed by atoms with E-state index in [2.05, 4.69) is 10.1 Å². The predicted molar refractivity (Wildman–Crippen MR) is 48.7 cm³/mol. The van der Waals surface area contributed by atoms with Crippen molar-refractivity contribution in [2.75, 3.05) is 12.8 Å². The van der Waals surface area contributed by atoms with Gasteiger partial charge in [0.25, 0.3) is 0 Å². The Morgan fingerprint density at radius 3 is 2.92 bits per heavy atom. The summed E-state index contributed by atoms with van der Waals surface area (Å²) in [5.74, 6) is 1.04. The number of nitrogens with zero attached hydrogens (tertiary/aromatic N) is 3. The van der Waals surface area contributed by atoms with Crippen molar-refractivity contribution in [2.45, 2.75) is 6.92 Å². The first kappa shape index (κ1) is 7.85. The second-order valence-corrected chi connectivity index (χ2v) is 2.78. The maximum absolute atomic E-state index is 5.54. The van der Waals surface area contributed by atoms with E-state index < -0.39 is 0 Å². The predicted octanol–water partition coefficient (Wildman–Crippen LogP) is 0.629. The Morgan fingerprint density at radius 2 is 2.23 bits per heavy atom. The Labute approximate surface area is 75.1 Å². The molecule has 0 aliphatic rings. The van der Waals surface area contributed by atoms with Gasteiger partial charge in [-0.1, -0.05) is 0 Å². The molecule has 0 aliphatic heterocycles. The maximum atomic E-state index is 5.54. The highest BCUT2D eigenvalue weighted by molar-refractivity contribution is 5.49. The van der Waals surface area contributed by atoms with Crippen LogP contribution in [0.4, 0.5) is 5.82 Å². The van der Waals surface area contributed by atoms with Crippen LogP contribution >= 0.6 is 0 Å². The Hall–Kier alpha value is -1.78. The fourth-order valence-corrected chi connectivity index (χ4v) is 1.22. The molecule has 0 saturated carbocycles. The minimum atomic E-state index is 0.462. The number of hydrogen-bond donors (Lipinski definition) is 1. The number of ether oxygens (including phenoxy) is 1. The van der Waals surface area contributed by atoms with Crippen molar-refractivity contribution in [2.24, 2.45) is 0 Å². The zero-order chi connectivity index (χ0) is 9.42. The summed E-state index contributed by atoms with van der Waals surface area (Å²) < 4.78 is 6.70. The molecule has 2 aromatic rings. The Morgan fingerprint density at radius 1 is 1.46 bits per heavy atom. The number of aromatic nitrogens is 3. The van der Waals surface area contributed by atoms with Crippen LogP contribution in [0.25, 0.3) is 5.65 Å². The van der Waals surface area contributed by atoms with Crippen LogP contribution in [-0.4, -0.2) is 21.7 Å². The van der Waals surface area contributed by atoms with Crippen LogP contribution in [0.5, 0.6) is 5.88 Å². The van der Waals surface area contributed by atoms with Crippen LogP contribution in [0.15, 0.2) is 12.1 Å². The SMILES string of the molecule is COc1cc(C)n2nc(N)cc2n1. The van der Waals surface area contributed by atoms with E-state index in [0.29, 0.717) is 17.3 Å². The van der Waals surface area contributed by atoms with E-state index in [9.17, 15) is 0 Å². The zero-order valence-electron chi connectivity index (χ0n) is 7.48. The van der Waals surface area contributed by atoms with Crippen LogP contribution < -0.4 is 10.5 Å². The first-order valence-corrected chi connectivity index (χ1v) is 3.87. The van der Waals surface area contributed by atoms with Crippen LogP contribution in [0.3, 0.4) is 0 Å². The molecule has 0 atom stereocenters. The van der Waals surface area contributed by atoms with Gasteiger partial charge < -0.3 is 10.5 Å². The number of methoxy groups -OCH3 is 1. The quantitative estimate of drug-likeness (QED) is 0.695. The monoisotopic (exact) mass is 178 g/mol. The van der Waals surface area contributed by atoms with Gasteiger partial charge in [-0.15, -0.1) is 5.10 Å². The van der Waals surface area contributed by atoms with Gasteiger partial charge in [-0.25, -0.2) is 4.52 Å². The van der Waals surface area contributed by atoms with E-state index in [0.717, 1.165) is 5.69 Å². The average molecular weight is 178 g/mol. The molecule has 0 fully saturated rings. The lowest BCUT2D eigenvalue weighted by Crippen LogP contribution is -1.98. The summed E-state index contributed by atoms with van der Waals surface area (Å²) in [5.41, 5.74) is 7.18. The molecule has 0 unspecified atom stereocenters. The first-order valence-electron chi connectivity index (χ1n) is 3.87. The summed E-state index contributed by atoms with van der Waals surface area (Å²) in [7, 11) is 1.58. The number of anilines is 1. The van der Waals surface area contributed by atoms with Gasteiger partial charge in [0, 0.05) is 17.8 Å². The van der Waals surface area contributed by atoms with Gasteiger partial charge in [0.15, 0.2) is 5.65 Å². The van der Waals surface area contributed by atoms with Crippen molar-refractivity contribution in [1.82, 2.24) is 14.6 Å². The number of fused-ring (bicyclic) bond motifs is 1. The van der Waals surface area contributed by atoms with Gasteiger partial charge in [-0.2, -0.15) is 4.98 Å². The lowest BCUT2D eigenvalue weighted by atomic mass is 10.4. The molecule has 2 rings (SSSR count). The third-order valence-electron chi connectivity index (χ3n) is 1.81. The molecule has 5 nitrogen and oxygen atoms in total. The number of rotatable bonds is 1. The van der Waals surface area contributed by atoms with Crippen molar-refractivity contribution in [3.8, 4) is 5.88 Å². The summed E-state index contributed by atoms with van der Waals surface area (Å²) in [6.07, 6.45) is 0. The largest absolute Gasteiger partial charge is 0.481 e. The molecule has 0 saturated heterocycles. The van der Waals surface area contributed by atoms with E-state index in [1.54, 1.807) is 23.8 Å². The van der Waals surface area contributed by atoms with Crippen molar-refractivity contribution >= 4 is 11.5 Å². The second kappa shape index (κ2) is 2.62. The molecule has 0 spiro atoms. The van der Waals surface area contributed by atoms with E-state index in [1.165, 1.54) is 0 Å². The fourth-order valence-electron chi connectivity index (χ4n) is 1.22. The molecular weight excluding hydrogens is 168 g/mol. The summed E-state index contributed by atoms with van der Waals surface area (Å²) >= 11 is 0. The molecule has 2 heterocycles. The second-order valence-electron chi connectivity index (χ2n) is 2.78. The smallest absolute Gasteiger partial charge is 0.216 e. The number of hydrogen-bond acceptors (Lipinski definition) is 4. The van der Waals surface area contributed by atoms with E-state index in [4.69, 9.17) is 10.5 Å². The van der Waals surface area contributed by atoms with Crippen molar-refractivity contribution in [1.29, 1.82) is 0 Å². The van der Waals surface area contributed by atoms with Crippen molar-refractivity contribution in [3.63, 3.8) is 0 Å². The molecule has 0 amide bonds. The number of nitrogens with two attached hydrogens (primary N) is 1. The van der Waals surface area contributed by atoms with Gasteiger partial charge >= 0.3 is 0 Å². The van der Waals surface area contributed by atoms with Crippen LogP contribution in [0.1, 0.15) is 5.69 Å².